The van der Waals surface area contributed by atoms with Crippen molar-refractivity contribution in [1.82, 2.24) is 15.1 Å². The Morgan fingerprint density at radius 3 is 2.11 bits per heavy atom. The van der Waals surface area contributed by atoms with E-state index in [0.717, 1.165) is 44.7 Å². The molecule has 11 nitrogen and oxygen atoms in total. The minimum atomic E-state index is -0.690. The number of ether oxygens (including phenoxy) is 3. The third kappa shape index (κ3) is 17.8. The van der Waals surface area contributed by atoms with Crippen LogP contribution < -0.4 is 5.32 Å². The number of hydrogen-bond acceptors (Lipinski definition) is 9. The summed E-state index contributed by atoms with van der Waals surface area (Å²) in [5.41, 5.74) is 8.26. The number of aliphatic hydroxyl groups is 1. The maximum Gasteiger partial charge on any atom is 0.246 e. The number of allylic oxidation sites excluding steroid dienone is 2. The summed E-state index contributed by atoms with van der Waals surface area (Å²) in [6.45, 7) is 28.4. The van der Waals surface area contributed by atoms with Crippen LogP contribution in [-0.4, -0.2) is 122 Å². The van der Waals surface area contributed by atoms with Crippen molar-refractivity contribution in [3.63, 3.8) is 0 Å². The van der Waals surface area contributed by atoms with Crippen molar-refractivity contribution in [3.8, 4) is 5.75 Å². The zero-order valence-electron chi connectivity index (χ0n) is 47.1. The minimum Gasteiger partial charge on any atom is -0.508 e. The van der Waals surface area contributed by atoms with Gasteiger partial charge in [0.25, 0.3) is 0 Å². The number of likely N-dealkylation sites (N-methyl/N-ethyl adjacent to an activating group) is 1. The summed E-state index contributed by atoms with van der Waals surface area (Å²) >= 11 is 0. The Balaban J connectivity index is 0.000000259. The average Bonchev–Trinajstić information content (AvgIpc) is 3.96. The highest BCUT2D eigenvalue weighted by Crippen LogP contribution is 2.61. The standard InChI is InChI=1S/C27H51N3O6.C18H24O2.C16H24/c1-7-8-9-13-29(6)15-17-35-19-21-36-20-18-34-16-12-24(32)28-25(27(3,4)5)26(33)30-14-10-11-23(30)22(2)31;1-18-9-8-14-13-5-3-12(19)10-11(13)2-4-15(14)16(18)6-7-17(18)20;1-6-14(7-2)16(12(3)4)15-10-8-13(5)9-11-15/h23,25H,7-21H2,1-6H3,(H,28,32);3,5,10,14-17,19-20H,2,4,6-9H2,1H3;8-11,14H,6-7H2,1-5H3. The van der Waals surface area contributed by atoms with Crippen LogP contribution in [0.1, 0.15) is 181 Å². The quantitative estimate of drug-likeness (QED) is 0.0929. The summed E-state index contributed by atoms with van der Waals surface area (Å²) in [7, 11) is 2.12. The first-order chi connectivity index (χ1) is 34.3. The van der Waals surface area contributed by atoms with Gasteiger partial charge in [0.2, 0.25) is 11.8 Å². The van der Waals surface area contributed by atoms with E-state index >= 15 is 0 Å². The summed E-state index contributed by atoms with van der Waals surface area (Å²) in [4.78, 5) is 41.5. The van der Waals surface area contributed by atoms with Gasteiger partial charge < -0.3 is 39.5 Å². The predicted molar refractivity (Wildman–Crippen MR) is 293 cm³/mol. The molecule has 2 aromatic carbocycles. The number of amides is 2. The van der Waals surface area contributed by atoms with Crippen LogP contribution >= 0.6 is 0 Å². The molecule has 0 bridgehead atoms. The third-order valence-corrected chi connectivity index (χ3v) is 16.4. The van der Waals surface area contributed by atoms with Gasteiger partial charge in [0.1, 0.15) is 11.8 Å². The van der Waals surface area contributed by atoms with Crippen molar-refractivity contribution in [3.05, 3.63) is 70.3 Å². The minimum absolute atomic E-state index is 0.00701. The number of nitrogens with one attached hydrogen (secondary N) is 1. The molecule has 7 atom stereocenters. The summed E-state index contributed by atoms with van der Waals surface area (Å²) < 4.78 is 16.6. The lowest BCUT2D eigenvalue weighted by atomic mass is 9.55. The fourth-order valence-corrected chi connectivity index (χ4v) is 12.1. The maximum absolute atomic E-state index is 13.2. The number of carbonyl (C=O) groups is 3. The number of rotatable bonds is 23. The Morgan fingerprint density at radius 1 is 0.847 bits per heavy atom. The number of aromatic hydroxyl groups is 1. The van der Waals surface area contributed by atoms with E-state index in [1.54, 1.807) is 10.5 Å². The molecule has 2 aromatic rings. The topological polar surface area (TPSA) is 138 Å². The molecular formula is C61H99N3O8. The van der Waals surface area contributed by atoms with Crippen LogP contribution in [0.25, 0.3) is 5.57 Å². The van der Waals surface area contributed by atoms with Gasteiger partial charge in [-0.15, -0.1) is 0 Å². The Kier molecular flexibility index (Phi) is 25.5. The lowest BCUT2D eigenvalue weighted by molar-refractivity contribution is -0.143. The Hall–Kier alpha value is -3.61. The van der Waals surface area contributed by atoms with Crippen molar-refractivity contribution in [1.29, 1.82) is 0 Å². The number of phenolic OH excluding ortho intramolecular Hbond substituents is 1. The summed E-state index contributed by atoms with van der Waals surface area (Å²) in [6, 6.07) is 13.8. The maximum atomic E-state index is 13.2. The first kappa shape index (κ1) is 60.9. The highest BCUT2D eigenvalue weighted by atomic mass is 16.5. The molecule has 406 valence electrons. The SMILES string of the molecule is CC12CCC3c4ccc(O)cc4CCC3C1CCC2O.CCC(CC)C(=C(C)C)c1ccc(C)cc1.CCCCCN(C)CCOCCOCCOCCC(=O)NC(C(=O)N1CCCC1C(C)=O)C(C)(C)C. The van der Waals surface area contributed by atoms with Crippen LogP contribution in [0, 0.1) is 35.5 Å². The molecule has 7 unspecified atom stereocenters. The van der Waals surface area contributed by atoms with E-state index in [-0.39, 0.29) is 48.2 Å². The van der Waals surface area contributed by atoms with Gasteiger partial charge >= 0.3 is 0 Å². The molecule has 3 aliphatic carbocycles. The summed E-state index contributed by atoms with van der Waals surface area (Å²) in [5.74, 6) is 2.76. The largest absolute Gasteiger partial charge is 0.508 e. The van der Waals surface area contributed by atoms with E-state index in [1.165, 1.54) is 86.1 Å². The van der Waals surface area contributed by atoms with Crippen molar-refractivity contribution in [2.75, 3.05) is 66.3 Å². The number of likely N-dealkylation sites (tertiary alicyclic amines) is 1. The highest BCUT2D eigenvalue weighted by Gasteiger charge is 2.54. The first-order valence-corrected chi connectivity index (χ1v) is 28.0. The molecule has 3 N–H and O–H groups in total. The zero-order valence-corrected chi connectivity index (χ0v) is 47.1. The van der Waals surface area contributed by atoms with Gasteiger partial charge in [-0.25, -0.2) is 0 Å². The second-order valence-electron chi connectivity index (χ2n) is 23.0. The van der Waals surface area contributed by atoms with Crippen LogP contribution in [0.2, 0.25) is 0 Å². The number of unbranched alkanes of at least 4 members (excludes halogenated alkanes) is 2. The second-order valence-corrected chi connectivity index (χ2v) is 23.0. The monoisotopic (exact) mass is 1000 g/mol. The van der Waals surface area contributed by atoms with Crippen molar-refractivity contribution in [2.24, 2.45) is 28.6 Å². The number of carbonyl (C=O) groups excluding carboxylic acids is 3. The molecule has 1 aliphatic heterocycles. The smallest absolute Gasteiger partial charge is 0.246 e. The Labute approximate surface area is 436 Å². The van der Waals surface area contributed by atoms with Gasteiger partial charge in [-0.1, -0.05) is 103 Å². The highest BCUT2D eigenvalue weighted by molar-refractivity contribution is 5.93. The number of benzene rings is 2. The van der Waals surface area contributed by atoms with E-state index in [2.05, 4.69) is 96.1 Å². The van der Waals surface area contributed by atoms with E-state index in [4.69, 9.17) is 14.2 Å². The predicted octanol–water partition coefficient (Wildman–Crippen LogP) is 11.5. The fourth-order valence-electron chi connectivity index (χ4n) is 12.1. The lowest BCUT2D eigenvalue weighted by Crippen LogP contribution is -2.56. The number of phenols is 1. The van der Waals surface area contributed by atoms with Gasteiger partial charge in [-0.3, -0.25) is 14.4 Å². The van der Waals surface area contributed by atoms with Gasteiger partial charge in [0, 0.05) is 19.5 Å². The molecule has 4 aliphatic rings. The molecule has 1 heterocycles. The summed E-state index contributed by atoms with van der Waals surface area (Å²) in [5, 5.41) is 22.9. The van der Waals surface area contributed by atoms with Crippen LogP contribution in [0.5, 0.6) is 5.75 Å². The molecular weight excluding hydrogens is 903 g/mol. The molecule has 11 heteroatoms. The zero-order chi connectivity index (χ0) is 53.0. The lowest BCUT2D eigenvalue weighted by Gasteiger charge is -2.50. The van der Waals surface area contributed by atoms with Crippen LogP contribution in [0.15, 0.2) is 48.0 Å². The molecule has 0 aromatic heterocycles. The van der Waals surface area contributed by atoms with Gasteiger partial charge in [-0.05, 0) is 181 Å². The molecule has 1 saturated heterocycles. The van der Waals surface area contributed by atoms with E-state index in [1.807, 2.05) is 32.9 Å². The van der Waals surface area contributed by atoms with Gasteiger partial charge in [0.05, 0.1) is 51.8 Å². The number of Topliss-reactive ketones (excluding diaryl/α,β-unsaturated/α-hetero) is 1. The van der Waals surface area contributed by atoms with E-state index < -0.39 is 11.5 Å². The normalized spacial score (nSPS) is 22.7. The number of aryl methyl sites for hydroxylation is 2. The second kappa shape index (κ2) is 30.1. The Bertz CT molecular complexity index is 1990. The van der Waals surface area contributed by atoms with Crippen molar-refractivity contribution in [2.45, 2.75) is 190 Å². The van der Waals surface area contributed by atoms with Gasteiger partial charge in [0.15, 0.2) is 5.78 Å². The van der Waals surface area contributed by atoms with Crippen LogP contribution in [-0.2, 0) is 35.0 Å². The van der Waals surface area contributed by atoms with Crippen molar-refractivity contribution < 1.29 is 38.8 Å². The van der Waals surface area contributed by atoms with Crippen molar-refractivity contribution >= 4 is 23.2 Å². The molecule has 2 amide bonds. The molecule has 72 heavy (non-hydrogen) atoms. The number of ketones is 1. The van der Waals surface area contributed by atoms with Crippen LogP contribution in [0.4, 0.5) is 0 Å². The molecule has 2 saturated carbocycles. The molecule has 3 fully saturated rings. The number of hydrogen-bond donors (Lipinski definition) is 3. The number of fused-ring (bicyclic) bond motifs is 5. The molecule has 6 rings (SSSR count). The number of aliphatic hydroxyl groups excluding tert-OH is 1. The fraction of sp³-hybridized carbons (Fsp3) is 0.721. The third-order valence-electron chi connectivity index (χ3n) is 16.4. The average molecular weight is 1000 g/mol. The summed E-state index contributed by atoms with van der Waals surface area (Å²) in [6.07, 6.45) is 14.6. The van der Waals surface area contributed by atoms with E-state index in [9.17, 15) is 24.6 Å². The number of nitrogens with zero attached hydrogens (tertiary/aromatic N) is 2. The molecule has 0 spiro atoms. The first-order valence-electron chi connectivity index (χ1n) is 28.0. The van der Waals surface area contributed by atoms with Gasteiger partial charge in [-0.2, -0.15) is 0 Å². The van der Waals surface area contributed by atoms with Crippen LogP contribution in [0.3, 0.4) is 0 Å². The molecule has 0 radical (unpaired) electrons. The Morgan fingerprint density at radius 2 is 1.50 bits per heavy atom. The van der Waals surface area contributed by atoms with E-state index in [0.29, 0.717) is 69.5 Å².